The molecule has 4 atom stereocenters. The Morgan fingerprint density at radius 3 is 2.35 bits per heavy atom. The maximum absolute atomic E-state index is 11.0. The molecule has 2 N–H and O–H groups in total. The van der Waals surface area contributed by atoms with Gasteiger partial charge in [-0.05, 0) is 37.5 Å². The van der Waals surface area contributed by atoms with Crippen molar-refractivity contribution >= 4 is 5.97 Å². The third-order valence-electron chi connectivity index (χ3n) is 4.70. The van der Waals surface area contributed by atoms with Crippen molar-refractivity contribution in [3.05, 3.63) is 0 Å². The fourth-order valence-electron chi connectivity index (χ4n) is 3.43. The lowest BCUT2D eigenvalue weighted by Gasteiger charge is -2.42. The van der Waals surface area contributed by atoms with Crippen molar-refractivity contribution < 1.29 is 9.90 Å². The number of nitrogens with one attached hydrogen (secondary N) is 1. The molecule has 0 spiro atoms. The van der Waals surface area contributed by atoms with E-state index in [1.807, 2.05) is 0 Å². The lowest BCUT2D eigenvalue weighted by atomic mass is 9.74. The molecule has 0 aromatic rings. The summed E-state index contributed by atoms with van der Waals surface area (Å²) < 4.78 is 0. The maximum atomic E-state index is 11.0. The van der Waals surface area contributed by atoms with E-state index in [0.29, 0.717) is 12.0 Å². The molecular formula is C14H25NO2. The summed E-state index contributed by atoms with van der Waals surface area (Å²) in [7, 11) is 0. The summed E-state index contributed by atoms with van der Waals surface area (Å²) in [5.74, 6) is 0.686. The van der Waals surface area contributed by atoms with Crippen LogP contribution in [0.5, 0.6) is 0 Å². The molecule has 2 saturated carbocycles. The van der Waals surface area contributed by atoms with E-state index >= 15 is 0 Å². The fourth-order valence-corrected chi connectivity index (χ4v) is 3.43. The topological polar surface area (TPSA) is 49.3 Å². The van der Waals surface area contributed by atoms with E-state index in [4.69, 9.17) is 5.11 Å². The fraction of sp³-hybridized carbons (Fsp3) is 0.929. The Balaban J connectivity index is 1.90. The number of carbonyl (C=O) groups is 1. The standard InChI is InChI=1S/C14H25NO2/c1-9(2)10-5-3-4-6-12(10)15-13-8-7-11(13)14(16)17/h9-13,15H,3-8H2,1-2H3,(H,16,17). The summed E-state index contributed by atoms with van der Waals surface area (Å²) >= 11 is 0. The quantitative estimate of drug-likeness (QED) is 0.793. The molecule has 2 rings (SSSR count). The minimum absolute atomic E-state index is 0.135. The molecule has 2 aliphatic rings. The van der Waals surface area contributed by atoms with Crippen LogP contribution in [0.1, 0.15) is 52.4 Å². The number of rotatable bonds is 4. The minimum Gasteiger partial charge on any atom is -0.481 e. The predicted octanol–water partition coefficient (Wildman–Crippen LogP) is 2.65. The molecule has 0 saturated heterocycles. The Morgan fingerprint density at radius 2 is 1.82 bits per heavy atom. The highest BCUT2D eigenvalue weighted by Crippen LogP contribution is 2.34. The summed E-state index contributed by atoms with van der Waals surface area (Å²) in [6, 6.07) is 0.785. The monoisotopic (exact) mass is 239 g/mol. The van der Waals surface area contributed by atoms with Crippen molar-refractivity contribution in [2.24, 2.45) is 17.8 Å². The Hall–Kier alpha value is -0.570. The van der Waals surface area contributed by atoms with Crippen LogP contribution in [0.4, 0.5) is 0 Å². The molecule has 4 unspecified atom stereocenters. The summed E-state index contributed by atoms with van der Waals surface area (Å²) in [6.45, 7) is 4.58. The van der Waals surface area contributed by atoms with E-state index in [1.54, 1.807) is 0 Å². The van der Waals surface area contributed by atoms with Gasteiger partial charge in [0, 0.05) is 12.1 Å². The molecule has 0 bridgehead atoms. The van der Waals surface area contributed by atoms with Crippen LogP contribution < -0.4 is 5.32 Å². The normalized spacial score (nSPS) is 37.8. The second kappa shape index (κ2) is 5.38. The zero-order valence-corrected chi connectivity index (χ0v) is 11.0. The molecule has 2 fully saturated rings. The van der Waals surface area contributed by atoms with E-state index in [1.165, 1.54) is 25.7 Å². The first-order valence-corrected chi connectivity index (χ1v) is 7.08. The summed E-state index contributed by atoms with van der Waals surface area (Å²) in [5.41, 5.74) is 0. The van der Waals surface area contributed by atoms with Gasteiger partial charge in [-0.2, -0.15) is 0 Å². The lowest BCUT2D eigenvalue weighted by molar-refractivity contribution is -0.146. The molecule has 0 aromatic carbocycles. The Bertz CT molecular complexity index is 277. The van der Waals surface area contributed by atoms with E-state index in [-0.39, 0.29) is 12.0 Å². The van der Waals surface area contributed by atoms with Crippen LogP contribution >= 0.6 is 0 Å². The van der Waals surface area contributed by atoms with Gasteiger partial charge in [0.1, 0.15) is 0 Å². The first-order valence-electron chi connectivity index (χ1n) is 7.08. The van der Waals surface area contributed by atoms with E-state index < -0.39 is 5.97 Å². The first kappa shape index (κ1) is 12.9. The Kier molecular flexibility index (Phi) is 4.08. The molecule has 0 aromatic heterocycles. The van der Waals surface area contributed by atoms with Gasteiger partial charge in [-0.1, -0.05) is 26.7 Å². The van der Waals surface area contributed by atoms with E-state index in [9.17, 15) is 4.79 Å². The van der Waals surface area contributed by atoms with Crippen LogP contribution in [-0.2, 0) is 4.79 Å². The van der Waals surface area contributed by atoms with Crippen LogP contribution in [-0.4, -0.2) is 23.2 Å². The van der Waals surface area contributed by atoms with Crippen LogP contribution in [0, 0.1) is 17.8 Å². The summed E-state index contributed by atoms with van der Waals surface area (Å²) in [4.78, 5) is 11.0. The van der Waals surface area contributed by atoms with Gasteiger partial charge in [-0.3, -0.25) is 4.79 Å². The highest BCUT2D eigenvalue weighted by molar-refractivity contribution is 5.72. The van der Waals surface area contributed by atoms with Crippen LogP contribution in [0.3, 0.4) is 0 Å². The Labute approximate surface area is 104 Å². The van der Waals surface area contributed by atoms with Crippen LogP contribution in [0.2, 0.25) is 0 Å². The average Bonchev–Trinajstić information content (AvgIpc) is 2.23. The number of aliphatic carboxylic acids is 1. The molecule has 0 heterocycles. The smallest absolute Gasteiger partial charge is 0.308 e. The van der Waals surface area contributed by atoms with Gasteiger partial charge in [0.15, 0.2) is 0 Å². The molecule has 0 aliphatic heterocycles. The number of carboxylic acid groups (broad SMARTS) is 1. The maximum Gasteiger partial charge on any atom is 0.308 e. The minimum atomic E-state index is -0.620. The SMILES string of the molecule is CC(C)C1CCCCC1NC1CCC1C(=O)O. The van der Waals surface area contributed by atoms with Gasteiger partial charge in [0.25, 0.3) is 0 Å². The largest absolute Gasteiger partial charge is 0.481 e. The summed E-state index contributed by atoms with van der Waals surface area (Å²) in [5, 5.41) is 12.7. The van der Waals surface area contributed by atoms with Gasteiger partial charge in [-0.15, -0.1) is 0 Å². The second-order valence-corrected chi connectivity index (χ2v) is 6.09. The van der Waals surface area contributed by atoms with Gasteiger partial charge in [0.05, 0.1) is 5.92 Å². The molecule has 3 nitrogen and oxygen atoms in total. The highest BCUT2D eigenvalue weighted by atomic mass is 16.4. The second-order valence-electron chi connectivity index (χ2n) is 6.09. The van der Waals surface area contributed by atoms with Crippen LogP contribution in [0.25, 0.3) is 0 Å². The zero-order chi connectivity index (χ0) is 12.4. The average molecular weight is 239 g/mol. The number of hydrogen-bond donors (Lipinski definition) is 2. The molecule has 2 aliphatic carbocycles. The van der Waals surface area contributed by atoms with Crippen molar-refractivity contribution in [2.75, 3.05) is 0 Å². The van der Waals surface area contributed by atoms with E-state index in [0.717, 1.165) is 18.8 Å². The van der Waals surface area contributed by atoms with Gasteiger partial charge in [-0.25, -0.2) is 0 Å². The van der Waals surface area contributed by atoms with E-state index in [2.05, 4.69) is 19.2 Å². The first-order chi connectivity index (χ1) is 8.09. The number of carboxylic acids is 1. The van der Waals surface area contributed by atoms with Gasteiger partial charge in [0.2, 0.25) is 0 Å². The third-order valence-corrected chi connectivity index (χ3v) is 4.70. The zero-order valence-electron chi connectivity index (χ0n) is 11.0. The van der Waals surface area contributed by atoms with Crippen LogP contribution in [0.15, 0.2) is 0 Å². The summed E-state index contributed by atoms with van der Waals surface area (Å²) in [6.07, 6.45) is 7.06. The molecule has 17 heavy (non-hydrogen) atoms. The molecule has 98 valence electrons. The Morgan fingerprint density at radius 1 is 1.12 bits per heavy atom. The van der Waals surface area contributed by atoms with Gasteiger partial charge >= 0.3 is 5.97 Å². The molecule has 3 heteroatoms. The van der Waals surface area contributed by atoms with Crippen molar-refractivity contribution in [1.82, 2.24) is 5.32 Å². The predicted molar refractivity (Wildman–Crippen MR) is 67.9 cm³/mol. The van der Waals surface area contributed by atoms with Crippen molar-refractivity contribution in [2.45, 2.75) is 64.5 Å². The van der Waals surface area contributed by atoms with Crippen molar-refractivity contribution in [3.63, 3.8) is 0 Å². The molecule has 0 amide bonds. The highest BCUT2D eigenvalue weighted by Gasteiger charge is 2.39. The third kappa shape index (κ3) is 2.82. The molecular weight excluding hydrogens is 214 g/mol. The van der Waals surface area contributed by atoms with Crippen molar-refractivity contribution in [1.29, 1.82) is 0 Å². The number of hydrogen-bond acceptors (Lipinski definition) is 2. The lowest BCUT2D eigenvalue weighted by Crippen LogP contribution is -2.54. The van der Waals surface area contributed by atoms with Gasteiger partial charge < -0.3 is 10.4 Å². The molecule has 0 radical (unpaired) electrons. The van der Waals surface area contributed by atoms with Crippen molar-refractivity contribution in [3.8, 4) is 0 Å².